The number of rotatable bonds is 5. The Morgan fingerprint density at radius 1 is 1.28 bits per heavy atom. The van der Waals surface area contributed by atoms with E-state index in [9.17, 15) is 4.79 Å². The predicted molar refractivity (Wildman–Crippen MR) is 76.5 cm³/mol. The van der Waals surface area contributed by atoms with Gasteiger partial charge in [-0.3, -0.25) is 4.79 Å². The van der Waals surface area contributed by atoms with E-state index in [2.05, 4.69) is 35.1 Å². The van der Waals surface area contributed by atoms with Crippen molar-refractivity contribution in [1.82, 2.24) is 5.32 Å². The van der Waals surface area contributed by atoms with Crippen LogP contribution in [0.1, 0.15) is 39.5 Å². The maximum atomic E-state index is 12.4. The molecule has 5 unspecified atom stereocenters. The van der Waals surface area contributed by atoms with Crippen LogP contribution in [0.3, 0.4) is 0 Å². The molecule has 0 aromatic rings. The molecule has 5 atom stereocenters. The molecule has 2 nitrogen and oxygen atoms in total. The van der Waals surface area contributed by atoms with Crippen molar-refractivity contribution in [2.75, 3.05) is 5.33 Å². The van der Waals surface area contributed by atoms with Crippen LogP contribution < -0.4 is 5.32 Å². The molecule has 3 aliphatic rings. The summed E-state index contributed by atoms with van der Waals surface area (Å²) in [6.45, 7) is 4.43. The minimum atomic E-state index is 0.316. The van der Waals surface area contributed by atoms with E-state index in [-0.39, 0.29) is 0 Å². The molecule has 0 aliphatic heterocycles. The molecule has 3 rings (SSSR count). The topological polar surface area (TPSA) is 29.1 Å². The van der Waals surface area contributed by atoms with Crippen molar-refractivity contribution in [2.45, 2.75) is 45.6 Å². The van der Waals surface area contributed by atoms with Gasteiger partial charge in [-0.15, -0.1) is 0 Å². The van der Waals surface area contributed by atoms with Crippen LogP contribution in [-0.2, 0) is 4.79 Å². The standard InChI is InChI=1S/C15H24BrNO/c1-8(2)5-11(7-16)17-15(18)14-12-9-3-4-10(6-9)13(12)14/h8-14H,3-7H2,1-2H3,(H,17,18). The maximum Gasteiger partial charge on any atom is 0.223 e. The van der Waals surface area contributed by atoms with Crippen LogP contribution in [0.5, 0.6) is 0 Å². The van der Waals surface area contributed by atoms with Crippen LogP contribution >= 0.6 is 15.9 Å². The van der Waals surface area contributed by atoms with Crippen molar-refractivity contribution in [3.8, 4) is 0 Å². The molecule has 3 heteroatoms. The monoisotopic (exact) mass is 313 g/mol. The van der Waals surface area contributed by atoms with Gasteiger partial charge in [0.25, 0.3) is 0 Å². The molecular formula is C15H24BrNO. The second kappa shape index (κ2) is 4.81. The number of alkyl halides is 1. The zero-order valence-electron chi connectivity index (χ0n) is 11.4. The first-order chi connectivity index (χ1) is 8.61. The smallest absolute Gasteiger partial charge is 0.223 e. The van der Waals surface area contributed by atoms with Gasteiger partial charge in [0.15, 0.2) is 0 Å². The van der Waals surface area contributed by atoms with Crippen LogP contribution in [-0.4, -0.2) is 17.3 Å². The lowest BCUT2D eigenvalue weighted by Crippen LogP contribution is -2.39. The number of halogens is 1. The number of amides is 1. The van der Waals surface area contributed by atoms with Gasteiger partial charge in [0.2, 0.25) is 5.91 Å². The van der Waals surface area contributed by atoms with Gasteiger partial charge in [-0.25, -0.2) is 0 Å². The molecule has 18 heavy (non-hydrogen) atoms. The first-order valence-electron chi connectivity index (χ1n) is 7.48. The van der Waals surface area contributed by atoms with Crippen LogP contribution in [0, 0.1) is 35.5 Å². The molecule has 0 heterocycles. The van der Waals surface area contributed by atoms with E-state index in [4.69, 9.17) is 0 Å². The highest BCUT2D eigenvalue weighted by Crippen LogP contribution is 2.69. The summed E-state index contributed by atoms with van der Waals surface area (Å²) < 4.78 is 0. The van der Waals surface area contributed by atoms with Crippen LogP contribution in [0.4, 0.5) is 0 Å². The van der Waals surface area contributed by atoms with Crippen molar-refractivity contribution >= 4 is 21.8 Å². The summed E-state index contributed by atoms with van der Waals surface area (Å²) >= 11 is 3.53. The van der Waals surface area contributed by atoms with Crippen molar-refractivity contribution in [3.63, 3.8) is 0 Å². The van der Waals surface area contributed by atoms with Gasteiger partial charge in [-0.05, 0) is 55.3 Å². The van der Waals surface area contributed by atoms with E-state index in [0.29, 0.717) is 23.8 Å². The zero-order valence-corrected chi connectivity index (χ0v) is 12.9. The maximum absolute atomic E-state index is 12.4. The molecule has 1 N–H and O–H groups in total. The van der Waals surface area contributed by atoms with E-state index in [1.54, 1.807) is 0 Å². The quantitative estimate of drug-likeness (QED) is 0.776. The Morgan fingerprint density at radius 2 is 1.89 bits per heavy atom. The van der Waals surface area contributed by atoms with Gasteiger partial charge in [-0.1, -0.05) is 29.8 Å². The Morgan fingerprint density at radius 3 is 2.39 bits per heavy atom. The second-order valence-electron chi connectivity index (χ2n) is 7.00. The minimum Gasteiger partial charge on any atom is -0.352 e. The summed E-state index contributed by atoms with van der Waals surface area (Å²) in [5.74, 6) is 4.68. The van der Waals surface area contributed by atoms with Crippen molar-refractivity contribution in [2.24, 2.45) is 35.5 Å². The van der Waals surface area contributed by atoms with Crippen molar-refractivity contribution in [1.29, 1.82) is 0 Å². The van der Waals surface area contributed by atoms with Gasteiger partial charge in [0, 0.05) is 17.3 Å². The number of nitrogens with one attached hydrogen (secondary N) is 1. The number of hydrogen-bond donors (Lipinski definition) is 1. The van der Waals surface area contributed by atoms with Gasteiger partial charge in [0.05, 0.1) is 0 Å². The minimum absolute atomic E-state index is 0.316. The number of fused-ring (bicyclic) bond motifs is 5. The Hall–Kier alpha value is -0.0500. The largest absolute Gasteiger partial charge is 0.352 e. The van der Waals surface area contributed by atoms with E-state index in [1.807, 2.05) is 0 Å². The highest BCUT2D eigenvalue weighted by atomic mass is 79.9. The molecule has 3 saturated carbocycles. The normalized spacial score (nSPS) is 41.9. The molecule has 3 aliphatic carbocycles. The van der Waals surface area contributed by atoms with Crippen molar-refractivity contribution in [3.05, 3.63) is 0 Å². The third kappa shape index (κ3) is 2.13. The Balaban J connectivity index is 1.54. The van der Waals surface area contributed by atoms with E-state index >= 15 is 0 Å². The summed E-state index contributed by atoms with van der Waals surface area (Å²) in [4.78, 5) is 12.4. The summed E-state index contributed by atoms with van der Waals surface area (Å²) in [5.41, 5.74) is 0. The number of carbonyl (C=O) groups excluding carboxylic acids is 1. The molecule has 0 aromatic carbocycles. The summed E-state index contributed by atoms with van der Waals surface area (Å²) in [5, 5.41) is 4.15. The van der Waals surface area contributed by atoms with Gasteiger partial charge in [-0.2, -0.15) is 0 Å². The van der Waals surface area contributed by atoms with E-state index < -0.39 is 0 Å². The molecule has 3 fully saturated rings. The van der Waals surface area contributed by atoms with Crippen LogP contribution in [0.15, 0.2) is 0 Å². The third-order valence-corrected chi connectivity index (χ3v) is 6.11. The lowest BCUT2D eigenvalue weighted by atomic mass is 10.0. The van der Waals surface area contributed by atoms with E-state index in [1.165, 1.54) is 19.3 Å². The first kappa shape index (κ1) is 13.0. The number of hydrogen-bond acceptors (Lipinski definition) is 1. The Bertz CT molecular complexity index is 327. The summed E-state index contributed by atoms with van der Waals surface area (Å²) in [6, 6.07) is 0.316. The van der Waals surface area contributed by atoms with E-state index in [0.717, 1.165) is 35.4 Å². The molecule has 0 aromatic heterocycles. The Labute approximate surface area is 118 Å². The lowest BCUT2D eigenvalue weighted by Gasteiger charge is -2.19. The summed E-state index contributed by atoms with van der Waals surface area (Å²) in [7, 11) is 0. The van der Waals surface area contributed by atoms with Gasteiger partial charge in [0.1, 0.15) is 0 Å². The van der Waals surface area contributed by atoms with Crippen molar-refractivity contribution < 1.29 is 4.79 Å². The average molecular weight is 314 g/mol. The fourth-order valence-electron chi connectivity index (χ4n) is 4.70. The summed E-state index contributed by atoms with van der Waals surface area (Å²) in [6.07, 6.45) is 5.28. The van der Waals surface area contributed by atoms with Gasteiger partial charge >= 0.3 is 0 Å². The second-order valence-corrected chi connectivity index (χ2v) is 7.65. The molecule has 2 bridgehead atoms. The SMILES string of the molecule is CC(C)CC(CBr)NC(=O)C1C2C3CCC(C3)C12. The Kier molecular flexibility index (Phi) is 3.46. The van der Waals surface area contributed by atoms with Crippen LogP contribution in [0.25, 0.3) is 0 Å². The fraction of sp³-hybridized carbons (Fsp3) is 0.933. The third-order valence-electron chi connectivity index (χ3n) is 5.33. The fourth-order valence-corrected chi connectivity index (χ4v) is 5.13. The van der Waals surface area contributed by atoms with Crippen LogP contribution in [0.2, 0.25) is 0 Å². The zero-order chi connectivity index (χ0) is 12.9. The van der Waals surface area contributed by atoms with Gasteiger partial charge < -0.3 is 5.32 Å². The first-order valence-corrected chi connectivity index (χ1v) is 8.60. The predicted octanol–water partition coefficient (Wildman–Crippen LogP) is 3.20. The number of carbonyl (C=O) groups is 1. The highest BCUT2D eigenvalue weighted by molar-refractivity contribution is 9.09. The molecule has 0 spiro atoms. The molecule has 1 amide bonds. The lowest BCUT2D eigenvalue weighted by molar-refractivity contribution is -0.124. The average Bonchev–Trinajstić information content (AvgIpc) is 2.77. The molecule has 102 valence electrons. The molecule has 0 radical (unpaired) electrons. The molecule has 0 saturated heterocycles. The highest BCUT2D eigenvalue weighted by Gasteiger charge is 2.67. The molecular weight excluding hydrogens is 290 g/mol.